The largest absolute Gasteiger partial charge is 0.366 e. The number of benzene rings is 1. The number of nitrogens with one attached hydrogen (secondary N) is 1. The zero-order valence-corrected chi connectivity index (χ0v) is 11.0. The Morgan fingerprint density at radius 1 is 1.00 bits per heavy atom. The van der Waals surface area contributed by atoms with Crippen molar-refractivity contribution in [3.63, 3.8) is 0 Å². The van der Waals surface area contributed by atoms with Gasteiger partial charge in [-0.25, -0.2) is 0 Å². The number of halogens is 1. The molecule has 2 heterocycles. The van der Waals surface area contributed by atoms with Gasteiger partial charge in [0.15, 0.2) is 0 Å². The molecule has 1 aliphatic heterocycles. The molecule has 1 aromatic heterocycles. The summed E-state index contributed by atoms with van der Waals surface area (Å²) in [6.07, 6.45) is 5.84. The van der Waals surface area contributed by atoms with Crippen molar-refractivity contribution in [3.05, 3.63) is 78.1 Å². The second-order valence-electron chi connectivity index (χ2n) is 4.31. The van der Waals surface area contributed by atoms with Crippen LogP contribution in [0, 0.1) is 0 Å². The zero-order chi connectivity index (χ0) is 13.1. The third-order valence-corrected chi connectivity index (χ3v) is 3.20. The maximum absolute atomic E-state index is 6.25. The fourth-order valence-electron chi connectivity index (χ4n) is 2.07. The van der Waals surface area contributed by atoms with E-state index in [0.717, 1.165) is 22.5 Å². The Morgan fingerprint density at radius 3 is 2.53 bits per heavy atom. The van der Waals surface area contributed by atoms with E-state index >= 15 is 0 Å². The summed E-state index contributed by atoms with van der Waals surface area (Å²) >= 11 is 6.25. The molecule has 1 aliphatic rings. The molecule has 0 saturated heterocycles. The van der Waals surface area contributed by atoms with E-state index in [2.05, 4.69) is 28.5 Å². The van der Waals surface area contributed by atoms with Crippen LogP contribution in [-0.4, -0.2) is 10.5 Å². The Morgan fingerprint density at radius 2 is 1.79 bits per heavy atom. The molecule has 0 saturated carbocycles. The van der Waals surface area contributed by atoms with E-state index < -0.39 is 0 Å². The summed E-state index contributed by atoms with van der Waals surface area (Å²) in [5.74, 6) is 0. The van der Waals surface area contributed by atoms with Gasteiger partial charge in [-0.15, -0.1) is 0 Å². The molecular weight excluding hydrogens is 256 g/mol. The first-order valence-corrected chi connectivity index (χ1v) is 6.57. The van der Waals surface area contributed by atoms with Crippen LogP contribution in [0.25, 0.3) is 11.3 Å². The number of hydrogen-bond acceptors (Lipinski definition) is 2. The third-order valence-electron chi connectivity index (χ3n) is 2.96. The number of allylic oxidation sites excluding steroid dienone is 2. The van der Waals surface area contributed by atoms with Crippen molar-refractivity contribution >= 4 is 22.9 Å². The van der Waals surface area contributed by atoms with Gasteiger partial charge in [-0.3, -0.25) is 4.98 Å². The van der Waals surface area contributed by atoms with E-state index in [0.29, 0.717) is 0 Å². The van der Waals surface area contributed by atoms with Gasteiger partial charge in [0.1, 0.15) is 5.50 Å². The van der Waals surface area contributed by atoms with Gasteiger partial charge in [-0.1, -0.05) is 48.0 Å². The summed E-state index contributed by atoms with van der Waals surface area (Å²) in [5.41, 5.74) is 3.89. The predicted molar refractivity (Wildman–Crippen MR) is 79.4 cm³/mol. The molecule has 1 aromatic carbocycles. The van der Waals surface area contributed by atoms with Gasteiger partial charge in [0.25, 0.3) is 0 Å². The van der Waals surface area contributed by atoms with Crippen LogP contribution in [0.4, 0.5) is 0 Å². The van der Waals surface area contributed by atoms with Crippen LogP contribution in [0.3, 0.4) is 0 Å². The van der Waals surface area contributed by atoms with Gasteiger partial charge < -0.3 is 5.32 Å². The summed E-state index contributed by atoms with van der Waals surface area (Å²) in [4.78, 5) is 4.37. The molecule has 0 radical (unpaired) electrons. The average Bonchev–Trinajstić information content (AvgIpc) is 2.48. The van der Waals surface area contributed by atoms with Crippen LogP contribution in [0.5, 0.6) is 0 Å². The molecule has 2 nitrogen and oxygen atoms in total. The number of dihydropyridines is 1. The molecule has 0 spiro atoms. The van der Waals surface area contributed by atoms with Crippen LogP contribution in [-0.2, 0) is 0 Å². The highest BCUT2D eigenvalue weighted by molar-refractivity contribution is 6.23. The molecule has 94 valence electrons. The fraction of sp³-hybridized carbons (Fsp3) is 0.0625. The molecule has 1 atom stereocenters. The molecule has 3 heteroatoms. The first kappa shape index (κ1) is 12.0. The fourth-order valence-corrected chi connectivity index (χ4v) is 2.32. The Labute approximate surface area is 117 Å². The van der Waals surface area contributed by atoms with Crippen molar-refractivity contribution in [1.29, 1.82) is 0 Å². The van der Waals surface area contributed by atoms with Crippen molar-refractivity contribution in [2.75, 3.05) is 0 Å². The Kier molecular flexibility index (Phi) is 3.34. The quantitative estimate of drug-likeness (QED) is 0.664. The van der Waals surface area contributed by atoms with E-state index in [1.807, 2.05) is 42.5 Å². The van der Waals surface area contributed by atoms with E-state index in [-0.39, 0.29) is 5.50 Å². The van der Waals surface area contributed by atoms with Crippen molar-refractivity contribution in [3.8, 4) is 0 Å². The van der Waals surface area contributed by atoms with Gasteiger partial charge in [0.2, 0.25) is 0 Å². The number of nitrogens with zero attached hydrogens (tertiary/aromatic N) is 1. The van der Waals surface area contributed by atoms with Gasteiger partial charge in [0.05, 0.1) is 5.69 Å². The maximum Gasteiger partial charge on any atom is 0.121 e. The maximum atomic E-state index is 6.25. The Bertz CT molecular complexity index is 618. The molecule has 0 amide bonds. The van der Waals surface area contributed by atoms with Crippen LogP contribution in [0.1, 0.15) is 11.3 Å². The first-order valence-electron chi connectivity index (χ1n) is 6.14. The minimum atomic E-state index is -0.225. The van der Waals surface area contributed by atoms with Crippen LogP contribution in [0.2, 0.25) is 0 Å². The molecule has 2 aromatic rings. The van der Waals surface area contributed by atoms with Gasteiger partial charge in [-0.05, 0) is 29.8 Å². The topological polar surface area (TPSA) is 24.9 Å². The minimum absolute atomic E-state index is 0.225. The normalized spacial score (nSPS) is 18.3. The lowest BCUT2D eigenvalue weighted by Crippen LogP contribution is -2.23. The van der Waals surface area contributed by atoms with Crippen LogP contribution < -0.4 is 5.32 Å². The molecule has 0 bridgehead atoms. The second kappa shape index (κ2) is 5.29. The third kappa shape index (κ3) is 2.69. The SMILES string of the molecule is ClC1C=C(c2ccccn2)C=C(c2ccccc2)N1. The predicted octanol–water partition coefficient (Wildman–Crippen LogP) is 3.67. The van der Waals surface area contributed by atoms with Crippen LogP contribution >= 0.6 is 11.6 Å². The van der Waals surface area contributed by atoms with Gasteiger partial charge in [0, 0.05) is 17.5 Å². The molecule has 1 unspecified atom stereocenters. The van der Waals surface area contributed by atoms with E-state index in [1.165, 1.54) is 0 Å². The number of pyridine rings is 1. The number of rotatable bonds is 2. The monoisotopic (exact) mass is 268 g/mol. The lowest BCUT2D eigenvalue weighted by atomic mass is 10.0. The Hall–Kier alpha value is -2.06. The highest BCUT2D eigenvalue weighted by Crippen LogP contribution is 2.25. The lowest BCUT2D eigenvalue weighted by molar-refractivity contribution is 0.926. The van der Waals surface area contributed by atoms with Gasteiger partial charge in [-0.2, -0.15) is 0 Å². The smallest absolute Gasteiger partial charge is 0.121 e. The minimum Gasteiger partial charge on any atom is -0.366 e. The van der Waals surface area contributed by atoms with Crippen molar-refractivity contribution < 1.29 is 0 Å². The molecular formula is C16H13ClN2. The summed E-state index contributed by atoms with van der Waals surface area (Å²) in [6.45, 7) is 0. The van der Waals surface area contributed by atoms with E-state index in [1.54, 1.807) is 6.20 Å². The number of alkyl halides is 1. The molecule has 0 aliphatic carbocycles. The Balaban J connectivity index is 2.00. The average molecular weight is 269 g/mol. The second-order valence-corrected chi connectivity index (χ2v) is 4.78. The molecule has 0 fully saturated rings. The highest BCUT2D eigenvalue weighted by Gasteiger charge is 2.14. The molecule has 3 rings (SSSR count). The summed E-state index contributed by atoms with van der Waals surface area (Å²) in [6, 6.07) is 16.0. The zero-order valence-electron chi connectivity index (χ0n) is 10.3. The molecule has 1 N–H and O–H groups in total. The summed E-state index contributed by atoms with van der Waals surface area (Å²) < 4.78 is 0. The number of hydrogen-bond donors (Lipinski definition) is 1. The summed E-state index contributed by atoms with van der Waals surface area (Å²) in [7, 11) is 0. The number of aromatic nitrogens is 1. The lowest BCUT2D eigenvalue weighted by Gasteiger charge is -2.20. The summed E-state index contributed by atoms with van der Waals surface area (Å²) in [5, 5.41) is 3.25. The van der Waals surface area contributed by atoms with Crippen molar-refractivity contribution in [2.45, 2.75) is 5.50 Å². The van der Waals surface area contributed by atoms with E-state index in [4.69, 9.17) is 11.6 Å². The van der Waals surface area contributed by atoms with Crippen molar-refractivity contribution in [1.82, 2.24) is 10.3 Å². The van der Waals surface area contributed by atoms with E-state index in [9.17, 15) is 0 Å². The highest BCUT2D eigenvalue weighted by atomic mass is 35.5. The standard InChI is InChI=1S/C16H13ClN2/c17-16-11-13(14-8-4-5-9-18-14)10-15(19-16)12-6-2-1-3-7-12/h1-11,16,19H. The van der Waals surface area contributed by atoms with Crippen LogP contribution in [0.15, 0.2) is 66.9 Å². The van der Waals surface area contributed by atoms with Crippen molar-refractivity contribution in [2.24, 2.45) is 0 Å². The van der Waals surface area contributed by atoms with Gasteiger partial charge >= 0.3 is 0 Å². The first-order chi connectivity index (χ1) is 9.33. The molecule has 19 heavy (non-hydrogen) atoms.